The number of carbonyl (C=O) groups excluding carboxylic acids is 3. The molecule has 0 aromatic heterocycles. The van der Waals surface area contributed by atoms with Crippen LogP contribution in [0, 0.1) is 5.92 Å². The minimum Gasteiger partial charge on any atom is -0.458 e. The number of nitrogens with zero attached hydrogens (tertiary/aromatic N) is 2. The molecule has 0 saturated carbocycles. The third-order valence-electron chi connectivity index (χ3n) is 6.58. The first kappa shape index (κ1) is 32.4. The molecule has 1 fully saturated rings. The van der Waals surface area contributed by atoms with E-state index in [9.17, 15) is 19.5 Å². The Kier molecular flexibility index (Phi) is 11.3. The summed E-state index contributed by atoms with van der Waals surface area (Å²) >= 11 is 0. The smallest absolute Gasteiger partial charge is 0.431 e. The second-order valence-corrected chi connectivity index (χ2v) is 11.2. The van der Waals surface area contributed by atoms with Gasteiger partial charge in [-0.15, -0.1) is 5.10 Å². The van der Waals surface area contributed by atoms with Crippen molar-refractivity contribution in [3.05, 3.63) is 71.8 Å². The molecule has 3 rings (SSSR count). The summed E-state index contributed by atoms with van der Waals surface area (Å²) in [6.07, 6.45) is 0.374. The van der Waals surface area contributed by atoms with Crippen LogP contribution < -0.4 is 16.8 Å². The normalized spacial score (nSPS) is 16.0. The van der Waals surface area contributed by atoms with Crippen LogP contribution in [0.3, 0.4) is 0 Å². The van der Waals surface area contributed by atoms with Gasteiger partial charge in [0.05, 0.1) is 0 Å². The monoisotopic (exact) mass is 583 g/mol. The summed E-state index contributed by atoms with van der Waals surface area (Å²) in [5, 5.41) is 20.0. The maximum Gasteiger partial charge on any atom is 0.431 e. The van der Waals surface area contributed by atoms with Gasteiger partial charge < -0.3 is 36.1 Å². The molecular formula is C30H41N5O7. The zero-order valence-corrected chi connectivity index (χ0v) is 24.3. The Bertz CT molecular complexity index is 1150. The zero-order valence-electron chi connectivity index (χ0n) is 24.3. The summed E-state index contributed by atoms with van der Waals surface area (Å²) in [5.74, 6) is -3.36. The van der Waals surface area contributed by atoms with Gasteiger partial charge in [-0.1, -0.05) is 60.7 Å². The molecule has 1 aliphatic rings. The van der Waals surface area contributed by atoms with E-state index in [1.807, 2.05) is 0 Å². The fourth-order valence-electron chi connectivity index (χ4n) is 4.58. The van der Waals surface area contributed by atoms with Crippen molar-refractivity contribution in [2.45, 2.75) is 70.5 Å². The third-order valence-corrected chi connectivity index (χ3v) is 6.58. The summed E-state index contributed by atoms with van der Waals surface area (Å²) in [5.41, 5.74) is 8.57. The number of hydrogen-bond donors (Lipinski definition) is 4. The lowest BCUT2D eigenvalue weighted by Gasteiger charge is -2.39. The second kappa shape index (κ2) is 14.6. The lowest BCUT2D eigenvalue weighted by molar-refractivity contribution is -0.194. The van der Waals surface area contributed by atoms with E-state index < -0.39 is 41.2 Å². The molecule has 12 nitrogen and oxygen atoms in total. The van der Waals surface area contributed by atoms with Crippen molar-refractivity contribution in [3.8, 4) is 0 Å². The molecule has 12 heteroatoms. The van der Waals surface area contributed by atoms with Crippen LogP contribution in [0.1, 0.15) is 51.2 Å². The Balaban J connectivity index is 2.07. The molecule has 0 bridgehead atoms. The first-order valence-electron chi connectivity index (χ1n) is 13.9. The van der Waals surface area contributed by atoms with Crippen LogP contribution >= 0.6 is 0 Å². The van der Waals surface area contributed by atoms with E-state index in [1.165, 1.54) is 0 Å². The highest BCUT2D eigenvalue weighted by molar-refractivity contribution is 6.04. The van der Waals surface area contributed by atoms with Crippen molar-refractivity contribution in [3.63, 3.8) is 0 Å². The van der Waals surface area contributed by atoms with Crippen molar-refractivity contribution in [2.75, 3.05) is 13.1 Å². The Morgan fingerprint density at radius 1 is 0.976 bits per heavy atom. The molecule has 2 aromatic rings. The van der Waals surface area contributed by atoms with E-state index in [2.05, 4.69) is 10.4 Å². The number of hydrazone groups is 1. The molecule has 1 saturated heterocycles. The molecule has 0 spiro atoms. The number of piperidine rings is 1. The summed E-state index contributed by atoms with van der Waals surface area (Å²) in [6.45, 7) is 5.69. The van der Waals surface area contributed by atoms with Crippen molar-refractivity contribution < 1.29 is 33.7 Å². The number of benzene rings is 2. The van der Waals surface area contributed by atoms with Gasteiger partial charge in [-0.25, -0.2) is 14.4 Å². The Morgan fingerprint density at radius 3 is 1.93 bits per heavy atom. The molecule has 0 radical (unpaired) electrons. The van der Waals surface area contributed by atoms with Gasteiger partial charge in [-0.05, 0) is 70.2 Å². The van der Waals surface area contributed by atoms with Crippen LogP contribution in [0.2, 0.25) is 0 Å². The molecule has 1 heterocycles. The van der Waals surface area contributed by atoms with Crippen molar-refractivity contribution in [2.24, 2.45) is 22.5 Å². The standard InChI is InChI=1S/C30H41N5O7/c1-29(2,3)42-28(38)35(34-27(31)32)24(17-23-15-10-16-33-18-23)30(39,25(36)40-19-21-11-6-4-7-12-21)26(37)41-20-22-13-8-5-9-14-22/h4-9,11-14,23-24,33,39H,10,15-20H2,1-3H3,(H4,31,32,34)/t23-,24+/m0/s1. The Hall–Kier alpha value is -4.16. The van der Waals surface area contributed by atoms with Crippen molar-refractivity contribution in [1.82, 2.24) is 10.3 Å². The van der Waals surface area contributed by atoms with E-state index in [1.54, 1.807) is 81.4 Å². The van der Waals surface area contributed by atoms with Gasteiger partial charge in [0.25, 0.3) is 5.60 Å². The maximum absolute atomic E-state index is 13.8. The van der Waals surface area contributed by atoms with Gasteiger partial charge in [0, 0.05) is 0 Å². The molecule has 0 aliphatic carbocycles. The lowest BCUT2D eigenvalue weighted by Crippen LogP contribution is -2.64. The van der Waals surface area contributed by atoms with E-state index in [4.69, 9.17) is 25.7 Å². The minimum absolute atomic E-state index is 0.0552. The minimum atomic E-state index is -3.03. The third kappa shape index (κ3) is 9.18. The first-order valence-corrected chi connectivity index (χ1v) is 13.9. The molecule has 0 unspecified atom stereocenters. The summed E-state index contributed by atoms with van der Waals surface area (Å²) < 4.78 is 16.5. The molecule has 1 amide bonds. The van der Waals surface area contributed by atoms with Crippen LogP contribution in [0.5, 0.6) is 0 Å². The highest BCUT2D eigenvalue weighted by atomic mass is 16.6. The highest BCUT2D eigenvalue weighted by Gasteiger charge is 2.58. The number of aliphatic hydroxyl groups is 1. The van der Waals surface area contributed by atoms with Crippen LogP contribution in [0.25, 0.3) is 0 Å². The quantitative estimate of drug-likeness (QED) is 0.0766. The molecule has 6 N–H and O–H groups in total. The Labute approximate surface area is 246 Å². The topological polar surface area (TPSA) is 179 Å². The largest absolute Gasteiger partial charge is 0.458 e. The van der Waals surface area contributed by atoms with E-state index >= 15 is 0 Å². The van der Waals surface area contributed by atoms with Gasteiger partial charge >= 0.3 is 18.0 Å². The van der Waals surface area contributed by atoms with Gasteiger partial charge in [-0.2, -0.15) is 5.01 Å². The Morgan fingerprint density at radius 2 is 1.50 bits per heavy atom. The number of hydrogen-bond acceptors (Lipinski definition) is 9. The van der Waals surface area contributed by atoms with Gasteiger partial charge in [0.15, 0.2) is 0 Å². The SMILES string of the molecule is CC(C)(C)OC(=O)N(N=C(N)N)[C@H](C[C@@H]1CCCNC1)C(O)(C(=O)OCc1ccccc1)C(=O)OCc1ccccc1. The van der Waals surface area contributed by atoms with Crippen molar-refractivity contribution in [1.29, 1.82) is 0 Å². The van der Waals surface area contributed by atoms with Gasteiger partial charge in [0.2, 0.25) is 5.96 Å². The first-order chi connectivity index (χ1) is 19.9. The number of ether oxygens (including phenoxy) is 3. The number of amides is 1. The number of nitrogens with one attached hydrogen (secondary N) is 1. The second-order valence-electron chi connectivity index (χ2n) is 11.2. The van der Waals surface area contributed by atoms with Crippen molar-refractivity contribution >= 4 is 24.0 Å². The fraction of sp³-hybridized carbons (Fsp3) is 0.467. The lowest BCUT2D eigenvalue weighted by atomic mass is 9.83. The van der Waals surface area contributed by atoms with E-state index in [-0.39, 0.29) is 25.6 Å². The fourth-order valence-corrected chi connectivity index (χ4v) is 4.58. The summed E-state index contributed by atoms with van der Waals surface area (Å²) in [6, 6.07) is 15.8. The molecular weight excluding hydrogens is 542 g/mol. The van der Waals surface area contributed by atoms with E-state index in [0.717, 1.165) is 13.0 Å². The number of rotatable bonds is 11. The predicted molar refractivity (Wildman–Crippen MR) is 155 cm³/mol. The number of esters is 2. The number of carbonyl (C=O) groups is 3. The number of nitrogens with two attached hydrogens (primary N) is 2. The predicted octanol–water partition coefficient (Wildman–Crippen LogP) is 2.39. The molecule has 42 heavy (non-hydrogen) atoms. The molecule has 228 valence electrons. The summed E-state index contributed by atoms with van der Waals surface area (Å²) in [7, 11) is 0. The van der Waals surface area contributed by atoms with Gasteiger partial charge in [-0.3, -0.25) is 0 Å². The zero-order chi connectivity index (χ0) is 30.8. The highest BCUT2D eigenvalue weighted by Crippen LogP contribution is 2.31. The van der Waals surface area contributed by atoms with Crippen LogP contribution in [0.15, 0.2) is 65.8 Å². The molecule has 2 aromatic carbocycles. The number of guanidine groups is 1. The molecule has 2 atom stereocenters. The maximum atomic E-state index is 13.8. The average Bonchev–Trinajstić information content (AvgIpc) is 2.96. The molecule has 1 aliphatic heterocycles. The summed E-state index contributed by atoms with van der Waals surface area (Å²) in [4.78, 5) is 41.1. The van der Waals surface area contributed by atoms with Crippen LogP contribution in [0.4, 0.5) is 4.79 Å². The van der Waals surface area contributed by atoms with Crippen LogP contribution in [-0.2, 0) is 37.0 Å². The van der Waals surface area contributed by atoms with Gasteiger partial charge in [0.1, 0.15) is 24.9 Å². The van der Waals surface area contributed by atoms with E-state index in [0.29, 0.717) is 29.1 Å². The van der Waals surface area contributed by atoms with Crippen LogP contribution in [-0.4, -0.2) is 64.4 Å². The average molecular weight is 584 g/mol.